The van der Waals surface area contributed by atoms with Crippen molar-refractivity contribution in [3.63, 3.8) is 0 Å². The Morgan fingerprint density at radius 2 is 2.19 bits per heavy atom. The van der Waals surface area contributed by atoms with E-state index in [-0.39, 0.29) is 19.0 Å². The van der Waals surface area contributed by atoms with Gasteiger partial charge in [0, 0.05) is 25.0 Å². The molecule has 2 nitrogen and oxygen atoms in total. The Labute approximate surface area is 92.1 Å². The molecule has 2 heterocycles. The molecule has 0 amide bonds. The molecule has 1 aliphatic heterocycles. The van der Waals surface area contributed by atoms with Gasteiger partial charge in [-0.15, -0.1) is 0 Å². The van der Waals surface area contributed by atoms with Gasteiger partial charge in [-0.25, -0.2) is 0 Å². The number of rotatable bonds is 1. The van der Waals surface area contributed by atoms with Crippen LogP contribution < -0.4 is 0 Å². The molecule has 1 aromatic heterocycles. The smallest absolute Gasteiger partial charge is 0.299 e. The van der Waals surface area contributed by atoms with Gasteiger partial charge in [-0.05, 0) is 25.1 Å². The quantitative estimate of drug-likeness (QED) is 0.737. The van der Waals surface area contributed by atoms with E-state index in [1.807, 2.05) is 6.07 Å². The summed E-state index contributed by atoms with van der Waals surface area (Å²) in [7, 11) is 1.73. The molecule has 2 rings (SSSR count). The molecule has 1 aromatic rings. The first-order valence-electron chi connectivity index (χ1n) is 5.15. The highest BCUT2D eigenvalue weighted by Crippen LogP contribution is 2.41. The third kappa shape index (κ3) is 2.19. The van der Waals surface area contributed by atoms with Crippen LogP contribution in [0.25, 0.3) is 0 Å². The van der Waals surface area contributed by atoms with Crippen LogP contribution in [0.3, 0.4) is 0 Å². The van der Waals surface area contributed by atoms with E-state index in [0.717, 1.165) is 5.56 Å². The first kappa shape index (κ1) is 11.4. The van der Waals surface area contributed by atoms with E-state index in [1.165, 1.54) is 0 Å². The Morgan fingerprint density at radius 1 is 1.44 bits per heavy atom. The molecule has 5 heteroatoms. The van der Waals surface area contributed by atoms with Crippen molar-refractivity contribution in [1.82, 2.24) is 9.88 Å². The standard InChI is InChI=1S/C11H13F3N2/c1-16-7-9(11(12,13)14)5-10(16)8-3-2-4-15-6-8/h2-4,6,9-10H,5,7H2,1H3/t9-,10+/m1/s1. The lowest BCUT2D eigenvalue weighted by Gasteiger charge is -2.18. The zero-order chi connectivity index (χ0) is 11.8. The zero-order valence-corrected chi connectivity index (χ0v) is 8.91. The maximum Gasteiger partial charge on any atom is 0.393 e. The van der Waals surface area contributed by atoms with Gasteiger partial charge < -0.3 is 0 Å². The number of halogens is 3. The Morgan fingerprint density at radius 3 is 2.69 bits per heavy atom. The monoisotopic (exact) mass is 230 g/mol. The van der Waals surface area contributed by atoms with Gasteiger partial charge in [0.15, 0.2) is 0 Å². The van der Waals surface area contributed by atoms with Crippen LogP contribution in [-0.2, 0) is 0 Å². The summed E-state index contributed by atoms with van der Waals surface area (Å²) in [6.45, 7) is 0.0725. The predicted molar refractivity (Wildman–Crippen MR) is 53.8 cm³/mol. The van der Waals surface area contributed by atoms with E-state index in [9.17, 15) is 13.2 Å². The van der Waals surface area contributed by atoms with Gasteiger partial charge in [0.1, 0.15) is 0 Å². The van der Waals surface area contributed by atoms with Crippen molar-refractivity contribution < 1.29 is 13.2 Å². The maximum atomic E-state index is 12.6. The Hall–Kier alpha value is -1.10. The van der Waals surface area contributed by atoms with E-state index in [0.29, 0.717) is 0 Å². The number of nitrogens with zero attached hydrogens (tertiary/aromatic N) is 2. The lowest BCUT2D eigenvalue weighted by molar-refractivity contribution is -0.170. The molecular formula is C11H13F3N2. The predicted octanol–water partition coefficient (Wildman–Crippen LogP) is 2.64. The lowest BCUT2D eigenvalue weighted by atomic mass is 10.0. The van der Waals surface area contributed by atoms with Crippen LogP contribution in [0.4, 0.5) is 13.2 Å². The van der Waals surface area contributed by atoms with Gasteiger partial charge in [-0.2, -0.15) is 13.2 Å². The van der Waals surface area contributed by atoms with Gasteiger partial charge in [0.2, 0.25) is 0 Å². The highest BCUT2D eigenvalue weighted by atomic mass is 19.4. The van der Waals surface area contributed by atoms with Crippen molar-refractivity contribution in [2.75, 3.05) is 13.6 Å². The number of alkyl halides is 3. The fourth-order valence-electron chi connectivity index (χ4n) is 2.20. The number of aromatic nitrogens is 1. The molecule has 0 aromatic carbocycles. The highest BCUT2D eigenvalue weighted by molar-refractivity contribution is 5.16. The van der Waals surface area contributed by atoms with Crippen molar-refractivity contribution >= 4 is 0 Å². The van der Waals surface area contributed by atoms with Gasteiger partial charge in [-0.3, -0.25) is 9.88 Å². The van der Waals surface area contributed by atoms with E-state index in [1.54, 1.807) is 30.4 Å². The summed E-state index contributed by atoms with van der Waals surface area (Å²) in [4.78, 5) is 5.69. The van der Waals surface area contributed by atoms with Crippen LogP contribution in [0, 0.1) is 5.92 Å². The van der Waals surface area contributed by atoms with Gasteiger partial charge in [0.05, 0.1) is 5.92 Å². The average molecular weight is 230 g/mol. The molecule has 0 radical (unpaired) electrons. The summed E-state index contributed by atoms with van der Waals surface area (Å²) >= 11 is 0. The molecule has 0 saturated carbocycles. The normalized spacial score (nSPS) is 27.2. The lowest BCUT2D eigenvalue weighted by Crippen LogP contribution is -2.25. The molecule has 1 fully saturated rings. The molecule has 0 aliphatic carbocycles. The molecule has 1 saturated heterocycles. The van der Waals surface area contributed by atoms with Gasteiger partial charge >= 0.3 is 6.18 Å². The first-order chi connectivity index (χ1) is 7.48. The zero-order valence-electron chi connectivity index (χ0n) is 8.91. The fraction of sp³-hybridized carbons (Fsp3) is 0.545. The van der Waals surface area contributed by atoms with E-state index < -0.39 is 12.1 Å². The van der Waals surface area contributed by atoms with Crippen LogP contribution in [0.15, 0.2) is 24.5 Å². The third-order valence-corrected chi connectivity index (χ3v) is 3.08. The SMILES string of the molecule is CN1C[C@H](C(F)(F)F)C[C@H]1c1cccnc1. The molecule has 0 bridgehead atoms. The number of hydrogen-bond donors (Lipinski definition) is 0. The largest absolute Gasteiger partial charge is 0.393 e. The number of likely N-dealkylation sites (tertiary alicyclic amines) is 1. The van der Waals surface area contributed by atoms with Crippen molar-refractivity contribution in [2.45, 2.75) is 18.6 Å². The molecule has 1 aliphatic rings. The Bertz CT molecular complexity index is 350. The van der Waals surface area contributed by atoms with Crippen molar-refractivity contribution in [1.29, 1.82) is 0 Å². The molecule has 16 heavy (non-hydrogen) atoms. The third-order valence-electron chi connectivity index (χ3n) is 3.08. The highest BCUT2D eigenvalue weighted by Gasteiger charge is 2.46. The first-order valence-corrected chi connectivity index (χ1v) is 5.15. The second-order valence-electron chi connectivity index (χ2n) is 4.22. The molecule has 0 unspecified atom stereocenters. The molecule has 2 atom stereocenters. The number of pyridine rings is 1. The molecule has 0 spiro atoms. The van der Waals surface area contributed by atoms with Crippen molar-refractivity contribution in [3.8, 4) is 0 Å². The minimum absolute atomic E-state index is 0.0725. The summed E-state index contributed by atoms with van der Waals surface area (Å²) in [6, 6.07) is 3.41. The van der Waals surface area contributed by atoms with Crippen molar-refractivity contribution in [3.05, 3.63) is 30.1 Å². The summed E-state index contributed by atoms with van der Waals surface area (Å²) in [5.41, 5.74) is 0.858. The second-order valence-corrected chi connectivity index (χ2v) is 4.22. The Kier molecular flexibility index (Phi) is 2.88. The minimum atomic E-state index is -4.09. The molecule has 88 valence electrons. The summed E-state index contributed by atoms with van der Waals surface area (Å²) < 4.78 is 37.7. The van der Waals surface area contributed by atoms with Gasteiger partial charge in [-0.1, -0.05) is 6.07 Å². The van der Waals surface area contributed by atoms with E-state index in [4.69, 9.17) is 0 Å². The van der Waals surface area contributed by atoms with Crippen LogP contribution in [-0.4, -0.2) is 29.7 Å². The van der Waals surface area contributed by atoms with Crippen LogP contribution in [0.5, 0.6) is 0 Å². The van der Waals surface area contributed by atoms with Crippen LogP contribution >= 0.6 is 0 Å². The minimum Gasteiger partial charge on any atom is -0.299 e. The van der Waals surface area contributed by atoms with Gasteiger partial charge in [0.25, 0.3) is 0 Å². The second kappa shape index (κ2) is 4.05. The molecular weight excluding hydrogens is 217 g/mol. The number of hydrogen-bond acceptors (Lipinski definition) is 2. The molecule has 0 N–H and O–H groups in total. The summed E-state index contributed by atoms with van der Waals surface area (Å²) in [5, 5.41) is 0. The maximum absolute atomic E-state index is 12.6. The fourth-order valence-corrected chi connectivity index (χ4v) is 2.20. The average Bonchev–Trinajstić information content (AvgIpc) is 2.61. The van der Waals surface area contributed by atoms with Crippen LogP contribution in [0.1, 0.15) is 18.0 Å². The Balaban J connectivity index is 2.15. The van der Waals surface area contributed by atoms with E-state index >= 15 is 0 Å². The summed E-state index contributed by atoms with van der Waals surface area (Å²) in [5.74, 6) is -1.22. The van der Waals surface area contributed by atoms with Crippen LogP contribution in [0.2, 0.25) is 0 Å². The summed E-state index contributed by atoms with van der Waals surface area (Å²) in [6.07, 6.45) is -0.698. The topological polar surface area (TPSA) is 16.1 Å². The van der Waals surface area contributed by atoms with Crippen molar-refractivity contribution in [2.24, 2.45) is 5.92 Å². The van der Waals surface area contributed by atoms with E-state index in [2.05, 4.69) is 4.98 Å².